The number of fused-ring (bicyclic) bond motifs is 2. The zero-order valence-corrected chi connectivity index (χ0v) is 13.9. The second-order valence-corrected chi connectivity index (χ2v) is 7.01. The third kappa shape index (κ3) is 2.91. The molecule has 0 N–H and O–H groups in total. The van der Waals surface area contributed by atoms with Gasteiger partial charge in [-0.3, -0.25) is 4.79 Å². The summed E-state index contributed by atoms with van der Waals surface area (Å²) in [5.74, 6) is 0.248. The second-order valence-electron chi connectivity index (χ2n) is 7.01. The van der Waals surface area contributed by atoms with Crippen LogP contribution in [0.3, 0.4) is 0 Å². The molecular weight excluding hydrogens is 315 g/mol. The summed E-state index contributed by atoms with van der Waals surface area (Å²) in [6.45, 7) is 0. The largest absolute Gasteiger partial charge is 0.333 e. The van der Waals surface area contributed by atoms with Gasteiger partial charge in [-0.05, 0) is 73.6 Å². The number of carbonyl (C=O) groups is 1. The van der Waals surface area contributed by atoms with Crippen molar-refractivity contribution in [1.82, 2.24) is 4.90 Å². The summed E-state index contributed by atoms with van der Waals surface area (Å²) >= 11 is 0. The van der Waals surface area contributed by atoms with Crippen molar-refractivity contribution < 1.29 is 9.18 Å². The lowest BCUT2D eigenvalue weighted by atomic mass is 9.85. The summed E-state index contributed by atoms with van der Waals surface area (Å²) in [5, 5.41) is 8.90. The Morgan fingerprint density at radius 2 is 1.60 bits per heavy atom. The molecule has 2 bridgehead atoms. The molecule has 25 heavy (non-hydrogen) atoms. The van der Waals surface area contributed by atoms with Crippen molar-refractivity contribution in [1.29, 1.82) is 5.26 Å². The average molecular weight is 334 g/mol. The third-order valence-electron chi connectivity index (χ3n) is 5.57. The monoisotopic (exact) mass is 334 g/mol. The molecule has 1 unspecified atom stereocenters. The van der Waals surface area contributed by atoms with Gasteiger partial charge in [0, 0.05) is 17.6 Å². The lowest BCUT2D eigenvalue weighted by Gasteiger charge is -2.39. The maximum Gasteiger partial charge on any atom is 0.254 e. The van der Waals surface area contributed by atoms with Crippen LogP contribution < -0.4 is 0 Å². The molecule has 2 aromatic rings. The fraction of sp³-hybridized carbons (Fsp3) is 0.333. The molecule has 0 aliphatic carbocycles. The van der Waals surface area contributed by atoms with Crippen LogP contribution in [0.25, 0.3) is 0 Å². The summed E-state index contributed by atoms with van der Waals surface area (Å²) in [6, 6.07) is 16.2. The van der Waals surface area contributed by atoms with E-state index in [0.717, 1.165) is 25.7 Å². The molecule has 2 aliphatic heterocycles. The van der Waals surface area contributed by atoms with Crippen molar-refractivity contribution in [2.75, 3.05) is 0 Å². The van der Waals surface area contributed by atoms with Crippen LogP contribution in [0.5, 0.6) is 0 Å². The molecule has 3 atom stereocenters. The second kappa shape index (κ2) is 6.33. The number of nitrogens with zero attached hydrogens (tertiary/aromatic N) is 2. The van der Waals surface area contributed by atoms with Crippen LogP contribution >= 0.6 is 0 Å². The van der Waals surface area contributed by atoms with Crippen molar-refractivity contribution in [2.24, 2.45) is 0 Å². The SMILES string of the molecule is N#Cc1ccc(C(=O)N2[C@@H]3CC[C@H]2CC(c2ccc(F)cc2)C3)cc1. The minimum atomic E-state index is -0.208. The molecule has 2 saturated heterocycles. The van der Waals surface area contributed by atoms with Gasteiger partial charge in [0.25, 0.3) is 5.91 Å². The van der Waals surface area contributed by atoms with E-state index in [4.69, 9.17) is 5.26 Å². The molecule has 1 amide bonds. The Kier molecular flexibility index (Phi) is 4.01. The predicted molar refractivity (Wildman–Crippen MR) is 92.5 cm³/mol. The van der Waals surface area contributed by atoms with E-state index >= 15 is 0 Å². The van der Waals surface area contributed by atoms with E-state index in [1.54, 1.807) is 24.3 Å². The maximum atomic E-state index is 13.2. The molecule has 3 nitrogen and oxygen atoms in total. The minimum Gasteiger partial charge on any atom is -0.333 e. The molecule has 0 spiro atoms. The van der Waals surface area contributed by atoms with Crippen LogP contribution in [0.15, 0.2) is 48.5 Å². The topological polar surface area (TPSA) is 44.1 Å². The highest BCUT2D eigenvalue weighted by Gasteiger charge is 2.43. The number of hydrogen-bond donors (Lipinski definition) is 0. The maximum absolute atomic E-state index is 13.2. The Bertz CT molecular complexity index is 808. The van der Waals surface area contributed by atoms with Crippen molar-refractivity contribution >= 4 is 5.91 Å². The first-order valence-electron chi connectivity index (χ1n) is 8.74. The summed E-state index contributed by atoms with van der Waals surface area (Å²) < 4.78 is 13.2. The molecule has 4 heteroatoms. The summed E-state index contributed by atoms with van der Waals surface area (Å²) in [4.78, 5) is 15.0. The first-order valence-corrected chi connectivity index (χ1v) is 8.74. The first-order chi connectivity index (χ1) is 12.2. The number of carbonyl (C=O) groups excluding carboxylic acids is 1. The number of halogens is 1. The first kappa shape index (κ1) is 15.8. The lowest BCUT2D eigenvalue weighted by Crippen LogP contribution is -2.46. The van der Waals surface area contributed by atoms with Gasteiger partial charge in [-0.2, -0.15) is 5.26 Å². The third-order valence-corrected chi connectivity index (χ3v) is 5.57. The highest BCUT2D eigenvalue weighted by atomic mass is 19.1. The van der Waals surface area contributed by atoms with E-state index in [9.17, 15) is 9.18 Å². The van der Waals surface area contributed by atoms with Crippen LogP contribution in [-0.4, -0.2) is 22.9 Å². The molecule has 2 aromatic carbocycles. The van der Waals surface area contributed by atoms with Crippen LogP contribution in [-0.2, 0) is 0 Å². The van der Waals surface area contributed by atoms with Crippen LogP contribution in [0.2, 0.25) is 0 Å². The van der Waals surface area contributed by atoms with Gasteiger partial charge in [0.05, 0.1) is 11.6 Å². The van der Waals surface area contributed by atoms with E-state index in [0.29, 0.717) is 17.0 Å². The van der Waals surface area contributed by atoms with E-state index in [2.05, 4.69) is 6.07 Å². The Morgan fingerprint density at radius 3 is 2.16 bits per heavy atom. The molecule has 126 valence electrons. The van der Waals surface area contributed by atoms with Crippen molar-refractivity contribution in [3.63, 3.8) is 0 Å². The Balaban J connectivity index is 1.53. The van der Waals surface area contributed by atoms with Gasteiger partial charge in [0.1, 0.15) is 5.82 Å². The number of nitriles is 1. The summed E-state index contributed by atoms with van der Waals surface area (Å²) in [5.41, 5.74) is 2.38. The van der Waals surface area contributed by atoms with Gasteiger partial charge in [-0.1, -0.05) is 12.1 Å². The van der Waals surface area contributed by atoms with Crippen molar-refractivity contribution in [3.05, 3.63) is 71.0 Å². The number of benzene rings is 2. The molecule has 4 rings (SSSR count). The molecule has 2 fully saturated rings. The Hall–Kier alpha value is -2.67. The Labute approximate surface area is 146 Å². The quantitative estimate of drug-likeness (QED) is 0.824. The van der Waals surface area contributed by atoms with Gasteiger partial charge >= 0.3 is 0 Å². The Morgan fingerprint density at radius 1 is 1.00 bits per heavy atom. The van der Waals surface area contributed by atoms with Crippen LogP contribution in [0, 0.1) is 17.1 Å². The molecule has 2 heterocycles. The number of amides is 1. The zero-order valence-electron chi connectivity index (χ0n) is 13.9. The molecule has 0 saturated carbocycles. The normalized spacial score (nSPS) is 24.8. The zero-order chi connectivity index (χ0) is 17.4. The van der Waals surface area contributed by atoms with Gasteiger partial charge in [0.15, 0.2) is 0 Å². The van der Waals surface area contributed by atoms with Crippen LogP contribution in [0.4, 0.5) is 4.39 Å². The number of piperidine rings is 1. The average Bonchev–Trinajstić information content (AvgIpc) is 2.91. The fourth-order valence-electron chi connectivity index (χ4n) is 4.35. The molecule has 0 aromatic heterocycles. The van der Waals surface area contributed by atoms with Crippen molar-refractivity contribution in [2.45, 2.75) is 43.7 Å². The summed E-state index contributed by atoms with van der Waals surface area (Å²) in [7, 11) is 0. The highest BCUT2D eigenvalue weighted by molar-refractivity contribution is 5.95. The minimum absolute atomic E-state index is 0.0644. The standard InChI is InChI=1S/C21H19FN2O/c22-18-7-5-15(6-8-18)17-11-19-9-10-20(12-17)24(19)21(25)16-3-1-14(13-23)2-4-16/h1-8,17,19-20H,9-12H2/t17?,19-,20+. The van der Waals surface area contributed by atoms with Gasteiger partial charge < -0.3 is 4.90 Å². The highest BCUT2D eigenvalue weighted by Crippen LogP contribution is 2.43. The van der Waals surface area contributed by atoms with Gasteiger partial charge in [-0.25, -0.2) is 4.39 Å². The predicted octanol–water partition coefficient (Wildman–Crippen LogP) is 4.25. The lowest BCUT2D eigenvalue weighted by molar-refractivity contribution is 0.0571. The van der Waals surface area contributed by atoms with E-state index in [1.807, 2.05) is 17.0 Å². The molecule has 2 aliphatic rings. The smallest absolute Gasteiger partial charge is 0.254 e. The summed E-state index contributed by atoms with van der Waals surface area (Å²) in [6.07, 6.45) is 3.93. The van der Waals surface area contributed by atoms with E-state index in [-0.39, 0.29) is 23.8 Å². The van der Waals surface area contributed by atoms with Crippen molar-refractivity contribution in [3.8, 4) is 6.07 Å². The van der Waals surface area contributed by atoms with E-state index in [1.165, 1.54) is 17.7 Å². The van der Waals surface area contributed by atoms with Gasteiger partial charge in [-0.15, -0.1) is 0 Å². The number of rotatable bonds is 2. The fourth-order valence-corrected chi connectivity index (χ4v) is 4.35. The van der Waals surface area contributed by atoms with Crippen LogP contribution in [0.1, 0.15) is 53.1 Å². The molecular formula is C21H19FN2O. The number of hydrogen-bond acceptors (Lipinski definition) is 2. The van der Waals surface area contributed by atoms with Gasteiger partial charge in [0.2, 0.25) is 0 Å². The van der Waals surface area contributed by atoms with E-state index < -0.39 is 0 Å². The molecule has 0 radical (unpaired) electrons.